The van der Waals surface area contributed by atoms with Gasteiger partial charge in [0.2, 0.25) is 5.91 Å². The zero-order chi connectivity index (χ0) is 11.5. The minimum atomic E-state index is -0.00563. The number of fused-ring (bicyclic) bond motifs is 1. The van der Waals surface area contributed by atoms with Crippen molar-refractivity contribution in [3.8, 4) is 0 Å². The molecule has 86 valence electrons. The Bertz CT molecular complexity index is 409. The molecule has 0 bridgehead atoms. The highest BCUT2D eigenvalue weighted by Gasteiger charge is 2.22. The van der Waals surface area contributed by atoms with Crippen LogP contribution in [0.5, 0.6) is 0 Å². The molecule has 1 aliphatic rings. The van der Waals surface area contributed by atoms with Crippen LogP contribution in [0.1, 0.15) is 12.5 Å². The first-order valence-corrected chi connectivity index (χ1v) is 6.64. The molecule has 2 rings (SSSR count). The van der Waals surface area contributed by atoms with E-state index >= 15 is 0 Å². The van der Waals surface area contributed by atoms with Crippen molar-refractivity contribution < 1.29 is 4.79 Å². The maximum atomic E-state index is 11.5. The van der Waals surface area contributed by atoms with Crippen molar-refractivity contribution in [3.63, 3.8) is 0 Å². The third-order valence-corrected chi connectivity index (χ3v) is 3.82. The molecule has 2 N–H and O–H groups in total. The van der Waals surface area contributed by atoms with Gasteiger partial charge in [-0.15, -0.1) is 11.8 Å². The van der Waals surface area contributed by atoms with Gasteiger partial charge < -0.3 is 10.6 Å². The molecule has 1 amide bonds. The van der Waals surface area contributed by atoms with Crippen LogP contribution in [0, 0.1) is 0 Å². The van der Waals surface area contributed by atoms with Gasteiger partial charge in [0.15, 0.2) is 0 Å². The van der Waals surface area contributed by atoms with E-state index in [2.05, 4.69) is 35.4 Å². The topological polar surface area (TPSA) is 41.1 Å². The molecule has 0 spiro atoms. The number of hydrogen-bond acceptors (Lipinski definition) is 4. The van der Waals surface area contributed by atoms with Crippen LogP contribution in [0.3, 0.4) is 0 Å². The van der Waals surface area contributed by atoms with Crippen LogP contribution in [-0.4, -0.2) is 17.0 Å². The van der Waals surface area contributed by atoms with Crippen LogP contribution in [0.25, 0.3) is 0 Å². The molecule has 3 nitrogen and oxygen atoms in total. The Labute approximate surface area is 105 Å². The van der Waals surface area contributed by atoms with Crippen LogP contribution in [0.4, 0.5) is 5.69 Å². The summed E-state index contributed by atoms with van der Waals surface area (Å²) in [5.41, 5.74) is 2.08. The first kappa shape index (κ1) is 11.8. The molecule has 1 aromatic rings. The molecule has 0 fully saturated rings. The van der Waals surface area contributed by atoms with Crippen LogP contribution in [-0.2, 0) is 11.3 Å². The molecule has 0 aromatic heterocycles. The van der Waals surface area contributed by atoms with E-state index in [9.17, 15) is 4.79 Å². The third-order valence-electron chi connectivity index (χ3n) is 2.42. The number of rotatable bonds is 3. The number of benzene rings is 1. The minimum absolute atomic E-state index is 0.00563. The standard InChI is InChI=1S/C11H14N2OS2/c1-7-11(14)13-9-4-8(5-12-6-15)2-3-10(9)16-7/h2-4,7,12,15H,5-6H2,1H3,(H,13,14). The summed E-state index contributed by atoms with van der Waals surface area (Å²) in [5.74, 6) is 0.728. The van der Waals surface area contributed by atoms with E-state index in [4.69, 9.17) is 0 Å². The van der Waals surface area contributed by atoms with Crippen molar-refractivity contribution in [2.45, 2.75) is 23.6 Å². The van der Waals surface area contributed by atoms with Gasteiger partial charge in [0.05, 0.1) is 10.9 Å². The van der Waals surface area contributed by atoms with Gasteiger partial charge in [0.25, 0.3) is 0 Å². The van der Waals surface area contributed by atoms with Crippen molar-refractivity contribution >= 4 is 36.0 Å². The van der Waals surface area contributed by atoms with Crippen LogP contribution < -0.4 is 10.6 Å². The van der Waals surface area contributed by atoms with Crippen molar-refractivity contribution in [1.29, 1.82) is 0 Å². The number of carbonyl (C=O) groups is 1. The summed E-state index contributed by atoms with van der Waals surface area (Å²) >= 11 is 5.70. The number of amides is 1. The lowest BCUT2D eigenvalue weighted by Gasteiger charge is -2.21. The number of nitrogens with one attached hydrogen (secondary N) is 2. The molecule has 5 heteroatoms. The maximum absolute atomic E-state index is 11.5. The summed E-state index contributed by atoms with van der Waals surface area (Å²) in [6.45, 7) is 2.69. The van der Waals surface area contributed by atoms with Gasteiger partial charge in [-0.3, -0.25) is 4.79 Å². The van der Waals surface area contributed by atoms with Gasteiger partial charge >= 0.3 is 0 Å². The molecular formula is C11H14N2OS2. The lowest BCUT2D eigenvalue weighted by Crippen LogP contribution is -2.26. The van der Waals surface area contributed by atoms with E-state index in [1.54, 1.807) is 11.8 Å². The molecule has 1 aliphatic heterocycles. The Balaban J connectivity index is 2.19. The van der Waals surface area contributed by atoms with Gasteiger partial charge in [-0.2, -0.15) is 12.6 Å². The largest absolute Gasteiger partial charge is 0.324 e. The van der Waals surface area contributed by atoms with Crippen LogP contribution >= 0.6 is 24.4 Å². The number of thiol groups is 1. The second-order valence-electron chi connectivity index (χ2n) is 3.66. The van der Waals surface area contributed by atoms with E-state index < -0.39 is 0 Å². The Hall–Kier alpha value is -0.650. The molecule has 1 aromatic carbocycles. The average Bonchev–Trinajstić information content (AvgIpc) is 2.28. The molecule has 0 aliphatic carbocycles. The molecule has 0 saturated heterocycles. The summed E-state index contributed by atoms with van der Waals surface area (Å²) in [7, 11) is 0. The average molecular weight is 254 g/mol. The highest BCUT2D eigenvalue weighted by atomic mass is 32.2. The second kappa shape index (κ2) is 5.12. The second-order valence-corrected chi connectivity index (χ2v) is 5.36. The fraction of sp³-hybridized carbons (Fsp3) is 0.364. The minimum Gasteiger partial charge on any atom is -0.324 e. The van der Waals surface area contributed by atoms with E-state index in [0.717, 1.165) is 22.7 Å². The number of anilines is 1. The molecule has 16 heavy (non-hydrogen) atoms. The first-order valence-electron chi connectivity index (χ1n) is 5.12. The van der Waals surface area contributed by atoms with Crippen LogP contribution in [0.2, 0.25) is 0 Å². The molecule has 1 heterocycles. The summed E-state index contributed by atoms with van der Waals surface area (Å²) in [6.07, 6.45) is 0. The smallest absolute Gasteiger partial charge is 0.237 e. The van der Waals surface area contributed by atoms with Crippen molar-refractivity contribution in [3.05, 3.63) is 23.8 Å². The van der Waals surface area contributed by atoms with Crippen molar-refractivity contribution in [1.82, 2.24) is 5.32 Å². The van der Waals surface area contributed by atoms with Gasteiger partial charge in [0.1, 0.15) is 0 Å². The zero-order valence-corrected chi connectivity index (χ0v) is 10.7. The van der Waals surface area contributed by atoms with Crippen molar-refractivity contribution in [2.24, 2.45) is 0 Å². The lowest BCUT2D eigenvalue weighted by molar-refractivity contribution is -0.115. The summed E-state index contributed by atoms with van der Waals surface area (Å²) in [6, 6.07) is 6.15. The first-order chi connectivity index (χ1) is 7.70. The SMILES string of the molecule is CC1Sc2ccc(CNCS)cc2NC1=O. The normalized spacial score (nSPS) is 19.1. The predicted octanol–water partition coefficient (Wildman–Crippen LogP) is 2.10. The fourth-order valence-electron chi connectivity index (χ4n) is 1.57. The van der Waals surface area contributed by atoms with E-state index in [1.807, 2.05) is 13.0 Å². The molecule has 1 atom stereocenters. The van der Waals surface area contributed by atoms with E-state index in [-0.39, 0.29) is 11.2 Å². The molecule has 0 saturated carbocycles. The monoisotopic (exact) mass is 254 g/mol. The highest BCUT2D eigenvalue weighted by Crippen LogP contribution is 2.35. The Kier molecular flexibility index (Phi) is 3.78. The number of thioether (sulfide) groups is 1. The van der Waals surface area contributed by atoms with Crippen LogP contribution in [0.15, 0.2) is 23.1 Å². The maximum Gasteiger partial charge on any atom is 0.237 e. The predicted molar refractivity (Wildman–Crippen MR) is 71.1 cm³/mol. The zero-order valence-electron chi connectivity index (χ0n) is 8.99. The van der Waals surface area contributed by atoms with Gasteiger partial charge in [-0.05, 0) is 24.6 Å². The van der Waals surface area contributed by atoms with Gasteiger partial charge in [-0.25, -0.2) is 0 Å². The van der Waals surface area contributed by atoms with E-state index in [0.29, 0.717) is 5.88 Å². The highest BCUT2D eigenvalue weighted by molar-refractivity contribution is 8.00. The summed E-state index contributed by atoms with van der Waals surface area (Å²) < 4.78 is 0. The Morgan fingerprint density at radius 3 is 3.12 bits per heavy atom. The Morgan fingerprint density at radius 2 is 2.38 bits per heavy atom. The Morgan fingerprint density at radius 1 is 1.56 bits per heavy atom. The lowest BCUT2D eigenvalue weighted by atomic mass is 10.2. The number of carbonyl (C=O) groups excluding carboxylic acids is 1. The third kappa shape index (κ3) is 2.53. The fourth-order valence-corrected chi connectivity index (χ4v) is 2.61. The molecule has 0 radical (unpaired) electrons. The number of hydrogen-bond donors (Lipinski definition) is 3. The van der Waals surface area contributed by atoms with Gasteiger partial charge in [0, 0.05) is 17.3 Å². The summed E-state index contributed by atoms with van der Waals surface area (Å²) in [4.78, 5) is 12.7. The quantitative estimate of drug-likeness (QED) is 0.571. The van der Waals surface area contributed by atoms with E-state index in [1.165, 1.54) is 0 Å². The molecule has 1 unspecified atom stereocenters. The summed E-state index contributed by atoms with van der Waals surface area (Å²) in [5, 5.41) is 6.05. The van der Waals surface area contributed by atoms with Crippen molar-refractivity contribution in [2.75, 3.05) is 11.2 Å². The van der Waals surface area contributed by atoms with Gasteiger partial charge in [-0.1, -0.05) is 6.07 Å². The molecular weight excluding hydrogens is 240 g/mol.